The SMILES string of the molecule is CCN(CC)CCNC(=O)c1ccc(NC(=O)/C=C/c2ccccc2OC)cc1. The Hall–Kier alpha value is -3.12. The lowest BCUT2D eigenvalue weighted by Crippen LogP contribution is -2.34. The van der Waals surface area contributed by atoms with E-state index in [9.17, 15) is 9.59 Å². The molecule has 2 aromatic rings. The molecule has 6 nitrogen and oxygen atoms in total. The van der Waals surface area contributed by atoms with E-state index in [0.29, 0.717) is 23.5 Å². The lowest BCUT2D eigenvalue weighted by molar-refractivity contribution is -0.111. The Balaban J connectivity index is 1.87. The highest BCUT2D eigenvalue weighted by atomic mass is 16.5. The molecule has 0 atom stereocenters. The minimum absolute atomic E-state index is 0.119. The van der Waals surface area contributed by atoms with Gasteiger partial charge >= 0.3 is 0 Å². The van der Waals surface area contributed by atoms with E-state index < -0.39 is 0 Å². The topological polar surface area (TPSA) is 70.7 Å². The summed E-state index contributed by atoms with van der Waals surface area (Å²) in [4.78, 5) is 26.6. The van der Waals surface area contributed by atoms with Crippen molar-refractivity contribution < 1.29 is 14.3 Å². The first-order valence-electron chi connectivity index (χ1n) is 9.80. The zero-order valence-electron chi connectivity index (χ0n) is 17.3. The molecule has 0 aliphatic carbocycles. The molecule has 0 bridgehead atoms. The zero-order valence-corrected chi connectivity index (χ0v) is 17.3. The number of anilines is 1. The quantitative estimate of drug-likeness (QED) is 0.605. The summed E-state index contributed by atoms with van der Waals surface area (Å²) >= 11 is 0. The molecule has 154 valence electrons. The van der Waals surface area contributed by atoms with Crippen molar-refractivity contribution in [2.24, 2.45) is 0 Å². The van der Waals surface area contributed by atoms with E-state index in [2.05, 4.69) is 29.4 Å². The Morgan fingerprint density at radius 1 is 1.03 bits per heavy atom. The molecule has 0 heterocycles. The number of rotatable bonds is 10. The summed E-state index contributed by atoms with van der Waals surface area (Å²) in [6.07, 6.45) is 3.15. The molecule has 2 N–H and O–H groups in total. The molecular formula is C23H29N3O3. The monoisotopic (exact) mass is 395 g/mol. The normalized spacial score (nSPS) is 10.9. The second-order valence-corrected chi connectivity index (χ2v) is 6.42. The summed E-state index contributed by atoms with van der Waals surface area (Å²) in [5.41, 5.74) is 2.01. The summed E-state index contributed by atoms with van der Waals surface area (Å²) in [5, 5.41) is 5.70. The number of likely N-dealkylation sites (N-methyl/N-ethyl adjacent to an activating group) is 1. The fraction of sp³-hybridized carbons (Fsp3) is 0.304. The molecule has 0 saturated heterocycles. The van der Waals surface area contributed by atoms with Crippen LogP contribution in [0.5, 0.6) is 5.75 Å². The third kappa shape index (κ3) is 7.08. The fourth-order valence-electron chi connectivity index (χ4n) is 2.83. The summed E-state index contributed by atoms with van der Waals surface area (Å²) < 4.78 is 5.26. The third-order valence-electron chi connectivity index (χ3n) is 4.58. The Morgan fingerprint density at radius 3 is 2.38 bits per heavy atom. The first-order chi connectivity index (χ1) is 14.1. The molecule has 0 unspecified atom stereocenters. The predicted octanol–water partition coefficient (Wildman–Crippen LogP) is 3.42. The van der Waals surface area contributed by atoms with Gasteiger partial charge in [0.15, 0.2) is 0 Å². The molecular weight excluding hydrogens is 366 g/mol. The van der Waals surface area contributed by atoms with Crippen LogP contribution in [0.1, 0.15) is 29.8 Å². The van der Waals surface area contributed by atoms with E-state index in [1.54, 1.807) is 37.5 Å². The first-order valence-corrected chi connectivity index (χ1v) is 9.80. The van der Waals surface area contributed by atoms with E-state index in [1.165, 1.54) is 6.08 Å². The number of benzene rings is 2. The summed E-state index contributed by atoms with van der Waals surface area (Å²) in [6.45, 7) is 7.56. The van der Waals surface area contributed by atoms with Gasteiger partial charge in [-0.3, -0.25) is 9.59 Å². The Labute approximate surface area is 172 Å². The minimum atomic E-state index is -0.257. The highest BCUT2D eigenvalue weighted by molar-refractivity contribution is 6.02. The molecule has 0 aromatic heterocycles. The van der Waals surface area contributed by atoms with Crippen molar-refractivity contribution in [3.05, 3.63) is 65.7 Å². The molecule has 0 aliphatic heterocycles. The standard InChI is InChI=1S/C23H29N3O3/c1-4-26(5-2)17-16-24-23(28)19-10-13-20(14-11-19)25-22(27)15-12-18-8-6-7-9-21(18)29-3/h6-15H,4-5,16-17H2,1-3H3,(H,24,28)(H,25,27)/b15-12+. The molecule has 0 fully saturated rings. The number of methoxy groups -OCH3 is 1. The van der Waals surface area contributed by atoms with Crippen molar-refractivity contribution in [2.45, 2.75) is 13.8 Å². The van der Waals surface area contributed by atoms with E-state index in [4.69, 9.17) is 4.74 Å². The number of hydrogen-bond acceptors (Lipinski definition) is 4. The van der Waals surface area contributed by atoms with Gasteiger partial charge in [-0.1, -0.05) is 32.0 Å². The number of amides is 2. The van der Waals surface area contributed by atoms with Crippen LogP contribution in [0.2, 0.25) is 0 Å². The maximum absolute atomic E-state index is 12.2. The van der Waals surface area contributed by atoms with Gasteiger partial charge in [0.2, 0.25) is 5.91 Å². The number of carbonyl (C=O) groups excluding carboxylic acids is 2. The molecule has 6 heteroatoms. The first kappa shape index (κ1) is 22.2. The van der Waals surface area contributed by atoms with Gasteiger partial charge in [0.05, 0.1) is 7.11 Å². The Morgan fingerprint density at radius 2 is 1.72 bits per heavy atom. The molecule has 0 saturated carbocycles. The lowest BCUT2D eigenvalue weighted by Gasteiger charge is -2.17. The van der Waals surface area contributed by atoms with Crippen LogP contribution in [-0.2, 0) is 4.79 Å². The van der Waals surface area contributed by atoms with Gasteiger partial charge in [-0.25, -0.2) is 0 Å². The van der Waals surface area contributed by atoms with Gasteiger partial charge in [-0.2, -0.15) is 0 Å². The predicted molar refractivity (Wildman–Crippen MR) is 117 cm³/mol. The number of nitrogens with zero attached hydrogens (tertiary/aromatic N) is 1. The van der Waals surface area contributed by atoms with Crippen LogP contribution in [0.4, 0.5) is 5.69 Å². The summed E-state index contributed by atoms with van der Waals surface area (Å²) in [6, 6.07) is 14.3. The van der Waals surface area contributed by atoms with E-state index in [1.807, 2.05) is 24.3 Å². The second-order valence-electron chi connectivity index (χ2n) is 6.42. The van der Waals surface area contributed by atoms with Crippen molar-refractivity contribution in [3.8, 4) is 5.75 Å². The summed E-state index contributed by atoms with van der Waals surface area (Å²) in [7, 11) is 1.59. The third-order valence-corrected chi connectivity index (χ3v) is 4.58. The van der Waals surface area contributed by atoms with Crippen LogP contribution >= 0.6 is 0 Å². The number of hydrogen-bond donors (Lipinski definition) is 2. The maximum Gasteiger partial charge on any atom is 0.251 e. The van der Waals surface area contributed by atoms with Crippen molar-refractivity contribution in [1.82, 2.24) is 10.2 Å². The van der Waals surface area contributed by atoms with Crippen molar-refractivity contribution in [2.75, 3.05) is 38.6 Å². The molecule has 2 amide bonds. The lowest BCUT2D eigenvalue weighted by atomic mass is 10.1. The molecule has 0 aliphatic rings. The number of para-hydroxylation sites is 1. The van der Waals surface area contributed by atoms with Crippen LogP contribution in [0.3, 0.4) is 0 Å². The van der Waals surface area contributed by atoms with E-state index in [0.717, 1.165) is 25.2 Å². The maximum atomic E-state index is 12.2. The second kappa shape index (κ2) is 11.7. The highest BCUT2D eigenvalue weighted by Gasteiger charge is 2.07. The Kier molecular flexibility index (Phi) is 8.92. The van der Waals surface area contributed by atoms with Crippen LogP contribution < -0.4 is 15.4 Å². The van der Waals surface area contributed by atoms with Crippen molar-refractivity contribution in [3.63, 3.8) is 0 Å². The average molecular weight is 396 g/mol. The van der Waals surface area contributed by atoms with Gasteiger partial charge in [0.1, 0.15) is 5.75 Å². The van der Waals surface area contributed by atoms with Crippen LogP contribution in [0.15, 0.2) is 54.6 Å². The smallest absolute Gasteiger partial charge is 0.251 e. The zero-order chi connectivity index (χ0) is 21.1. The number of nitrogens with one attached hydrogen (secondary N) is 2. The summed E-state index contributed by atoms with van der Waals surface area (Å²) in [5.74, 6) is 0.325. The van der Waals surface area contributed by atoms with Gasteiger partial charge in [0.25, 0.3) is 5.91 Å². The molecule has 2 aromatic carbocycles. The largest absolute Gasteiger partial charge is 0.496 e. The molecule has 0 spiro atoms. The van der Waals surface area contributed by atoms with Gasteiger partial charge in [0, 0.05) is 36.0 Å². The highest BCUT2D eigenvalue weighted by Crippen LogP contribution is 2.18. The van der Waals surface area contributed by atoms with E-state index in [-0.39, 0.29) is 11.8 Å². The number of ether oxygens (including phenoxy) is 1. The van der Waals surface area contributed by atoms with Crippen LogP contribution in [0.25, 0.3) is 6.08 Å². The fourth-order valence-corrected chi connectivity index (χ4v) is 2.83. The molecule has 2 rings (SSSR count). The minimum Gasteiger partial charge on any atom is -0.496 e. The Bertz CT molecular complexity index is 828. The van der Waals surface area contributed by atoms with Gasteiger partial charge in [-0.05, 0) is 49.5 Å². The van der Waals surface area contributed by atoms with Gasteiger partial charge in [-0.15, -0.1) is 0 Å². The average Bonchev–Trinajstić information content (AvgIpc) is 2.76. The molecule has 0 radical (unpaired) electrons. The molecule has 29 heavy (non-hydrogen) atoms. The van der Waals surface area contributed by atoms with Crippen molar-refractivity contribution >= 4 is 23.6 Å². The van der Waals surface area contributed by atoms with Crippen LogP contribution in [0, 0.1) is 0 Å². The van der Waals surface area contributed by atoms with Gasteiger partial charge < -0.3 is 20.3 Å². The van der Waals surface area contributed by atoms with Crippen LogP contribution in [-0.4, -0.2) is 50.0 Å². The number of carbonyl (C=O) groups is 2. The van der Waals surface area contributed by atoms with E-state index >= 15 is 0 Å². The van der Waals surface area contributed by atoms with Crippen molar-refractivity contribution in [1.29, 1.82) is 0 Å².